The van der Waals surface area contributed by atoms with E-state index in [1.54, 1.807) is 0 Å². The van der Waals surface area contributed by atoms with Crippen LogP contribution in [0, 0.1) is 0 Å². The van der Waals surface area contributed by atoms with Crippen LogP contribution in [0.15, 0.2) is 43.0 Å². The van der Waals surface area contributed by atoms with Crippen molar-refractivity contribution in [2.75, 3.05) is 0 Å². The Balaban J connectivity index is 1.74. The van der Waals surface area contributed by atoms with Crippen molar-refractivity contribution in [1.29, 1.82) is 0 Å². The predicted octanol–water partition coefficient (Wildman–Crippen LogP) is 3.35. The normalized spacial score (nSPS) is 20.6. The second kappa shape index (κ2) is 4.92. The molecular formula is C19H18N4O. The van der Waals surface area contributed by atoms with Gasteiger partial charge in [0.1, 0.15) is 5.65 Å². The minimum atomic E-state index is -0.158. The van der Waals surface area contributed by atoms with Crippen LogP contribution in [0.1, 0.15) is 24.3 Å². The van der Waals surface area contributed by atoms with Crippen LogP contribution >= 0.6 is 0 Å². The number of fused-ring (bicyclic) bond motifs is 3. The first kappa shape index (κ1) is 13.7. The van der Waals surface area contributed by atoms with Crippen LogP contribution in [0.3, 0.4) is 0 Å². The van der Waals surface area contributed by atoms with Gasteiger partial charge in [0.25, 0.3) is 0 Å². The van der Waals surface area contributed by atoms with Crippen LogP contribution in [0.25, 0.3) is 32.9 Å². The van der Waals surface area contributed by atoms with Gasteiger partial charge in [-0.05, 0) is 41.3 Å². The number of hydrogen-bond donors (Lipinski definition) is 2. The number of H-pyrrole nitrogens is 1. The fourth-order valence-electron chi connectivity index (χ4n) is 3.75. The van der Waals surface area contributed by atoms with Crippen molar-refractivity contribution in [3.05, 3.63) is 48.5 Å². The fourth-order valence-corrected chi connectivity index (χ4v) is 3.75. The number of aromatic nitrogens is 4. The maximum absolute atomic E-state index is 9.66. The maximum Gasteiger partial charge on any atom is 0.138 e. The number of nitrogens with one attached hydrogen (secondary N) is 1. The molecule has 4 aromatic rings. The summed E-state index contributed by atoms with van der Waals surface area (Å²) in [5.41, 5.74) is 4.46. The molecule has 0 amide bonds. The van der Waals surface area contributed by atoms with Gasteiger partial charge in [-0.15, -0.1) is 0 Å². The molecule has 24 heavy (non-hydrogen) atoms. The van der Waals surface area contributed by atoms with E-state index in [0.717, 1.165) is 35.0 Å². The van der Waals surface area contributed by atoms with Gasteiger partial charge in [-0.1, -0.05) is 12.1 Å². The first-order chi connectivity index (χ1) is 11.7. The van der Waals surface area contributed by atoms with Crippen molar-refractivity contribution in [2.45, 2.75) is 24.9 Å². The minimum Gasteiger partial charge on any atom is -0.393 e. The minimum absolute atomic E-state index is 0.158. The van der Waals surface area contributed by atoms with Crippen molar-refractivity contribution in [2.24, 2.45) is 7.05 Å². The Kier molecular flexibility index (Phi) is 2.82. The Bertz CT molecular complexity index is 1060. The molecule has 0 saturated heterocycles. The lowest BCUT2D eigenvalue weighted by molar-refractivity contribution is 0.0751. The molecule has 3 aromatic heterocycles. The molecular weight excluding hydrogens is 300 g/mol. The van der Waals surface area contributed by atoms with Gasteiger partial charge in [-0.3, -0.25) is 4.68 Å². The Hall–Kier alpha value is -2.66. The molecule has 0 unspecified atom stereocenters. The Morgan fingerprint density at radius 3 is 2.83 bits per heavy atom. The highest BCUT2D eigenvalue weighted by Gasteiger charge is 2.30. The Labute approximate surface area is 139 Å². The second-order valence-corrected chi connectivity index (χ2v) is 6.75. The molecule has 1 aliphatic rings. The van der Waals surface area contributed by atoms with Crippen LogP contribution in [-0.2, 0) is 7.05 Å². The Morgan fingerprint density at radius 1 is 1.21 bits per heavy atom. The van der Waals surface area contributed by atoms with E-state index in [0.29, 0.717) is 5.92 Å². The summed E-state index contributed by atoms with van der Waals surface area (Å²) >= 11 is 0. The van der Waals surface area contributed by atoms with E-state index < -0.39 is 0 Å². The van der Waals surface area contributed by atoms with Crippen LogP contribution in [0.4, 0.5) is 0 Å². The molecule has 1 aliphatic carbocycles. The van der Waals surface area contributed by atoms with Crippen molar-refractivity contribution in [1.82, 2.24) is 19.7 Å². The molecule has 3 heterocycles. The molecule has 5 rings (SSSR count). The number of aliphatic hydroxyl groups is 1. The van der Waals surface area contributed by atoms with E-state index >= 15 is 0 Å². The van der Waals surface area contributed by atoms with E-state index in [1.807, 2.05) is 30.3 Å². The number of hydrogen-bond acceptors (Lipinski definition) is 3. The molecule has 5 nitrogen and oxygen atoms in total. The lowest BCUT2D eigenvalue weighted by atomic mass is 9.77. The van der Waals surface area contributed by atoms with Gasteiger partial charge in [0.2, 0.25) is 0 Å². The average Bonchev–Trinajstić information content (AvgIpc) is 3.17. The lowest BCUT2D eigenvalue weighted by Crippen LogP contribution is -2.26. The van der Waals surface area contributed by atoms with Gasteiger partial charge >= 0.3 is 0 Å². The predicted molar refractivity (Wildman–Crippen MR) is 93.8 cm³/mol. The summed E-state index contributed by atoms with van der Waals surface area (Å²) in [4.78, 5) is 7.86. The van der Waals surface area contributed by atoms with Gasteiger partial charge in [0.15, 0.2) is 0 Å². The zero-order valence-electron chi connectivity index (χ0n) is 13.4. The molecule has 1 saturated carbocycles. The highest BCUT2D eigenvalue weighted by Crippen LogP contribution is 2.42. The second-order valence-electron chi connectivity index (χ2n) is 6.75. The van der Waals surface area contributed by atoms with Gasteiger partial charge < -0.3 is 10.1 Å². The summed E-state index contributed by atoms with van der Waals surface area (Å²) in [7, 11) is 1.93. The summed E-state index contributed by atoms with van der Waals surface area (Å²) in [6.07, 6.45) is 9.41. The van der Waals surface area contributed by atoms with E-state index in [-0.39, 0.29) is 6.10 Å². The quantitative estimate of drug-likeness (QED) is 0.595. The van der Waals surface area contributed by atoms with E-state index in [2.05, 4.69) is 39.5 Å². The summed E-state index contributed by atoms with van der Waals surface area (Å²) in [5.74, 6) is 0.420. The van der Waals surface area contributed by atoms with Crippen molar-refractivity contribution < 1.29 is 5.11 Å². The zero-order chi connectivity index (χ0) is 16.3. The molecule has 1 fully saturated rings. The van der Waals surface area contributed by atoms with Gasteiger partial charge in [0.05, 0.1) is 12.3 Å². The van der Waals surface area contributed by atoms with Crippen LogP contribution in [0.5, 0.6) is 0 Å². The van der Waals surface area contributed by atoms with E-state index in [1.165, 1.54) is 16.3 Å². The maximum atomic E-state index is 9.66. The van der Waals surface area contributed by atoms with Crippen LogP contribution in [0.2, 0.25) is 0 Å². The largest absolute Gasteiger partial charge is 0.393 e. The number of rotatable bonds is 2. The third kappa shape index (κ3) is 1.98. The van der Waals surface area contributed by atoms with E-state index in [9.17, 15) is 5.11 Å². The van der Waals surface area contributed by atoms with Crippen molar-refractivity contribution in [3.8, 4) is 11.1 Å². The highest BCUT2D eigenvalue weighted by atomic mass is 16.3. The monoisotopic (exact) mass is 318 g/mol. The number of aliphatic hydroxyl groups excluding tert-OH is 1. The molecule has 0 radical (unpaired) electrons. The standard InChI is InChI=1S/C19H18N4O/c1-23-10-14(8-22-23)11-2-3-12-7-20-19-18(16(12)6-11)17(9-21-19)13-4-15(24)5-13/h2-3,6-10,13,15,24H,4-5H2,1H3,(H,20,21)/t13-,15-. The summed E-state index contributed by atoms with van der Waals surface area (Å²) in [5, 5.41) is 17.5. The van der Waals surface area contributed by atoms with Gasteiger partial charge in [0, 0.05) is 42.0 Å². The number of pyridine rings is 1. The van der Waals surface area contributed by atoms with Crippen LogP contribution in [-0.4, -0.2) is 31.0 Å². The Morgan fingerprint density at radius 2 is 2.08 bits per heavy atom. The van der Waals surface area contributed by atoms with Gasteiger partial charge in [-0.25, -0.2) is 4.98 Å². The fraction of sp³-hybridized carbons (Fsp3) is 0.263. The SMILES string of the molecule is Cn1cc(-c2ccc3cnc4[nH]cc([C@H]5C[C@H](O)C5)c4c3c2)cn1. The number of aryl methyl sites for hydroxylation is 1. The number of benzene rings is 1. The lowest BCUT2D eigenvalue weighted by Gasteiger charge is -2.31. The van der Waals surface area contributed by atoms with Crippen molar-refractivity contribution >= 4 is 21.8 Å². The molecule has 0 aliphatic heterocycles. The topological polar surface area (TPSA) is 66.7 Å². The summed E-state index contributed by atoms with van der Waals surface area (Å²) in [6, 6.07) is 6.46. The molecule has 5 heteroatoms. The third-order valence-corrected chi connectivity index (χ3v) is 5.14. The average molecular weight is 318 g/mol. The molecule has 0 bridgehead atoms. The summed E-state index contributed by atoms with van der Waals surface area (Å²) < 4.78 is 1.82. The number of aromatic amines is 1. The smallest absolute Gasteiger partial charge is 0.138 e. The first-order valence-corrected chi connectivity index (χ1v) is 8.26. The number of nitrogens with zero attached hydrogens (tertiary/aromatic N) is 3. The van der Waals surface area contributed by atoms with E-state index in [4.69, 9.17) is 0 Å². The van der Waals surface area contributed by atoms with Gasteiger partial charge in [-0.2, -0.15) is 5.10 Å². The molecule has 120 valence electrons. The zero-order valence-corrected chi connectivity index (χ0v) is 13.4. The molecule has 0 spiro atoms. The van der Waals surface area contributed by atoms with Crippen molar-refractivity contribution in [3.63, 3.8) is 0 Å². The molecule has 2 N–H and O–H groups in total. The van der Waals surface area contributed by atoms with Crippen LogP contribution < -0.4 is 0 Å². The first-order valence-electron chi connectivity index (χ1n) is 8.26. The summed E-state index contributed by atoms with van der Waals surface area (Å²) in [6.45, 7) is 0. The third-order valence-electron chi connectivity index (χ3n) is 5.14. The molecule has 1 aromatic carbocycles. The highest BCUT2D eigenvalue weighted by molar-refractivity contribution is 6.08. The molecule has 0 atom stereocenters.